The number of rotatable bonds is 5. The smallest absolute Gasteiger partial charge is 0.00249 e. The van der Waals surface area contributed by atoms with Gasteiger partial charge in [0.25, 0.3) is 0 Å². The van der Waals surface area contributed by atoms with Crippen molar-refractivity contribution in [2.75, 3.05) is 26.2 Å². The van der Waals surface area contributed by atoms with Crippen LogP contribution < -0.4 is 5.73 Å². The van der Waals surface area contributed by atoms with Crippen molar-refractivity contribution in [2.24, 2.45) is 11.7 Å². The average Bonchev–Trinajstić information content (AvgIpc) is 2.41. The number of likely N-dealkylation sites (tertiary alicyclic amines) is 1. The molecule has 1 fully saturated rings. The molecule has 2 N–H and O–H groups in total. The lowest BCUT2D eigenvalue weighted by atomic mass is 9.97. The van der Waals surface area contributed by atoms with E-state index in [0.29, 0.717) is 5.92 Å². The first kappa shape index (κ1) is 13.6. The largest absolute Gasteiger partial charge is 0.330 e. The molecule has 1 aliphatic heterocycles. The Balaban J connectivity index is 1.86. The monoisotopic (exact) mass is 246 g/mol. The molecule has 0 bridgehead atoms. The van der Waals surface area contributed by atoms with Crippen molar-refractivity contribution in [3.63, 3.8) is 0 Å². The second-order valence-electron chi connectivity index (χ2n) is 5.65. The van der Waals surface area contributed by atoms with E-state index in [4.69, 9.17) is 5.73 Å². The quantitative estimate of drug-likeness (QED) is 0.865. The minimum Gasteiger partial charge on any atom is -0.330 e. The summed E-state index contributed by atoms with van der Waals surface area (Å²) in [4.78, 5) is 2.59. The number of nitrogens with zero attached hydrogens (tertiary/aromatic N) is 1. The van der Waals surface area contributed by atoms with Gasteiger partial charge in [0.05, 0.1) is 0 Å². The lowest BCUT2D eigenvalue weighted by Crippen LogP contribution is -2.37. The van der Waals surface area contributed by atoms with Gasteiger partial charge in [-0.3, -0.25) is 0 Å². The summed E-state index contributed by atoms with van der Waals surface area (Å²) in [6.07, 6.45) is 5.25. The summed E-state index contributed by atoms with van der Waals surface area (Å²) in [5.41, 5.74) is 8.70. The highest BCUT2D eigenvalue weighted by molar-refractivity contribution is 5.21. The third-order valence-corrected chi connectivity index (χ3v) is 3.94. The summed E-state index contributed by atoms with van der Waals surface area (Å²) in [5.74, 6) is 0.603. The van der Waals surface area contributed by atoms with E-state index in [0.717, 1.165) is 13.0 Å². The molecule has 1 heterocycles. The predicted octanol–water partition coefficient (Wildman–Crippen LogP) is 2.60. The Hall–Kier alpha value is -0.860. The number of nitrogens with two attached hydrogens (primary N) is 1. The highest BCUT2D eigenvalue weighted by Crippen LogP contribution is 2.14. The van der Waals surface area contributed by atoms with Crippen LogP contribution in [-0.2, 0) is 6.42 Å². The molecule has 0 aliphatic carbocycles. The number of hydrogen-bond donors (Lipinski definition) is 1. The van der Waals surface area contributed by atoms with Gasteiger partial charge in [-0.05, 0) is 57.3 Å². The van der Waals surface area contributed by atoms with Crippen LogP contribution in [-0.4, -0.2) is 31.1 Å². The normalized spacial score (nSPS) is 18.8. The van der Waals surface area contributed by atoms with E-state index >= 15 is 0 Å². The van der Waals surface area contributed by atoms with Crippen LogP contribution in [0.25, 0.3) is 0 Å². The van der Waals surface area contributed by atoms with Crippen LogP contribution in [0.2, 0.25) is 0 Å². The first-order chi connectivity index (χ1) is 8.78. The second-order valence-corrected chi connectivity index (χ2v) is 5.65. The fourth-order valence-corrected chi connectivity index (χ4v) is 2.79. The van der Waals surface area contributed by atoms with Gasteiger partial charge in [-0.25, -0.2) is 0 Å². The Labute approximate surface area is 111 Å². The lowest BCUT2D eigenvalue weighted by molar-refractivity contribution is 0.196. The Morgan fingerprint density at radius 2 is 1.78 bits per heavy atom. The van der Waals surface area contributed by atoms with E-state index in [1.807, 2.05) is 0 Å². The molecule has 18 heavy (non-hydrogen) atoms. The highest BCUT2D eigenvalue weighted by Gasteiger charge is 2.15. The van der Waals surface area contributed by atoms with Gasteiger partial charge in [0.2, 0.25) is 0 Å². The molecular formula is C16H26N2. The van der Waals surface area contributed by atoms with E-state index in [1.165, 1.54) is 50.0 Å². The second kappa shape index (κ2) is 6.91. The third-order valence-electron chi connectivity index (χ3n) is 3.94. The average molecular weight is 246 g/mol. The molecule has 0 amide bonds. The fourth-order valence-electron chi connectivity index (χ4n) is 2.79. The Morgan fingerprint density at radius 1 is 1.11 bits per heavy atom. The van der Waals surface area contributed by atoms with Crippen LogP contribution in [0.15, 0.2) is 24.3 Å². The fraction of sp³-hybridized carbons (Fsp3) is 0.625. The summed E-state index contributed by atoms with van der Waals surface area (Å²) >= 11 is 0. The van der Waals surface area contributed by atoms with Crippen LogP contribution in [0.3, 0.4) is 0 Å². The highest BCUT2D eigenvalue weighted by atomic mass is 15.1. The van der Waals surface area contributed by atoms with Crippen molar-refractivity contribution in [1.29, 1.82) is 0 Å². The van der Waals surface area contributed by atoms with Crippen molar-refractivity contribution in [3.8, 4) is 0 Å². The summed E-state index contributed by atoms with van der Waals surface area (Å²) < 4.78 is 0. The summed E-state index contributed by atoms with van der Waals surface area (Å²) in [7, 11) is 0. The van der Waals surface area contributed by atoms with E-state index < -0.39 is 0 Å². The molecule has 1 unspecified atom stereocenters. The molecule has 1 saturated heterocycles. The standard InChI is InChI=1S/C16H26N2/c1-14-5-7-15(8-6-14)11-16(12-17)13-18-9-3-2-4-10-18/h5-8,16H,2-4,9-13,17H2,1H3. The van der Waals surface area contributed by atoms with E-state index in [-0.39, 0.29) is 0 Å². The Kier molecular flexibility index (Phi) is 5.21. The molecular weight excluding hydrogens is 220 g/mol. The van der Waals surface area contributed by atoms with E-state index in [9.17, 15) is 0 Å². The molecule has 2 rings (SSSR count). The SMILES string of the molecule is Cc1ccc(CC(CN)CN2CCCCC2)cc1. The zero-order valence-electron chi connectivity index (χ0n) is 11.6. The Morgan fingerprint density at radius 3 is 2.39 bits per heavy atom. The predicted molar refractivity (Wildman–Crippen MR) is 77.7 cm³/mol. The van der Waals surface area contributed by atoms with Crippen LogP contribution in [0.5, 0.6) is 0 Å². The van der Waals surface area contributed by atoms with Gasteiger partial charge < -0.3 is 10.6 Å². The van der Waals surface area contributed by atoms with Gasteiger partial charge in [0, 0.05) is 6.54 Å². The van der Waals surface area contributed by atoms with Gasteiger partial charge in [-0.15, -0.1) is 0 Å². The molecule has 0 aromatic heterocycles. The van der Waals surface area contributed by atoms with Crippen molar-refractivity contribution >= 4 is 0 Å². The van der Waals surface area contributed by atoms with E-state index in [2.05, 4.69) is 36.1 Å². The van der Waals surface area contributed by atoms with Crippen LogP contribution in [0.4, 0.5) is 0 Å². The topological polar surface area (TPSA) is 29.3 Å². The zero-order valence-corrected chi connectivity index (χ0v) is 11.6. The maximum atomic E-state index is 5.94. The third kappa shape index (κ3) is 4.11. The molecule has 2 nitrogen and oxygen atoms in total. The summed E-state index contributed by atoms with van der Waals surface area (Å²) in [6, 6.07) is 8.88. The summed E-state index contributed by atoms with van der Waals surface area (Å²) in [6.45, 7) is 6.64. The lowest BCUT2D eigenvalue weighted by Gasteiger charge is -2.30. The van der Waals surface area contributed by atoms with Gasteiger partial charge in [-0.1, -0.05) is 36.2 Å². The number of piperidine rings is 1. The first-order valence-electron chi connectivity index (χ1n) is 7.26. The molecule has 1 aromatic carbocycles. The number of aryl methyl sites for hydroxylation is 1. The van der Waals surface area contributed by atoms with Crippen LogP contribution in [0.1, 0.15) is 30.4 Å². The molecule has 0 spiro atoms. The van der Waals surface area contributed by atoms with Gasteiger partial charge in [0.1, 0.15) is 0 Å². The van der Waals surface area contributed by atoms with Gasteiger partial charge in [-0.2, -0.15) is 0 Å². The Bertz CT molecular complexity index is 339. The molecule has 0 saturated carbocycles. The molecule has 2 heteroatoms. The molecule has 0 radical (unpaired) electrons. The van der Waals surface area contributed by atoms with Crippen molar-refractivity contribution in [2.45, 2.75) is 32.6 Å². The summed E-state index contributed by atoms with van der Waals surface area (Å²) in [5, 5.41) is 0. The van der Waals surface area contributed by atoms with Crippen LogP contribution >= 0.6 is 0 Å². The molecule has 100 valence electrons. The number of hydrogen-bond acceptors (Lipinski definition) is 2. The van der Waals surface area contributed by atoms with Crippen molar-refractivity contribution in [1.82, 2.24) is 4.90 Å². The van der Waals surface area contributed by atoms with Gasteiger partial charge in [0.15, 0.2) is 0 Å². The van der Waals surface area contributed by atoms with Gasteiger partial charge >= 0.3 is 0 Å². The molecule has 1 aliphatic rings. The maximum absolute atomic E-state index is 5.94. The van der Waals surface area contributed by atoms with E-state index in [1.54, 1.807) is 0 Å². The first-order valence-corrected chi connectivity index (χ1v) is 7.26. The van der Waals surface area contributed by atoms with Crippen molar-refractivity contribution in [3.05, 3.63) is 35.4 Å². The van der Waals surface area contributed by atoms with Crippen LogP contribution in [0, 0.1) is 12.8 Å². The minimum absolute atomic E-state index is 0.603. The molecule has 1 atom stereocenters. The van der Waals surface area contributed by atoms with Crippen molar-refractivity contribution < 1.29 is 0 Å². The zero-order chi connectivity index (χ0) is 12.8. The minimum atomic E-state index is 0.603. The molecule has 1 aromatic rings. The number of benzene rings is 1. The maximum Gasteiger partial charge on any atom is 0.00249 e.